The van der Waals surface area contributed by atoms with Crippen LogP contribution in [0.15, 0.2) is 16.8 Å². The Bertz CT molecular complexity index is 481. The van der Waals surface area contributed by atoms with Crippen LogP contribution < -0.4 is 5.73 Å². The fraction of sp³-hybridized carbons (Fsp3) is 0.600. The maximum Gasteiger partial charge on any atom is 0.254 e. The summed E-state index contributed by atoms with van der Waals surface area (Å²) in [5.74, 6) is 0.240. The highest BCUT2D eigenvalue weighted by molar-refractivity contribution is 7.08. The molecule has 0 aliphatic carbocycles. The third-order valence-corrected chi connectivity index (χ3v) is 4.87. The predicted molar refractivity (Wildman–Crippen MR) is 84.2 cm³/mol. The maximum absolute atomic E-state index is 12.3. The molecular formula is C15H23N3O2S. The molecule has 2 heterocycles. The topological polar surface area (TPSA) is 66.6 Å². The number of hydrogen-bond donors (Lipinski definition) is 1. The molecule has 0 aromatic carbocycles. The van der Waals surface area contributed by atoms with Crippen molar-refractivity contribution >= 4 is 23.2 Å². The van der Waals surface area contributed by atoms with E-state index in [1.165, 1.54) is 11.3 Å². The summed E-state index contributed by atoms with van der Waals surface area (Å²) in [6.45, 7) is 6.33. The van der Waals surface area contributed by atoms with Crippen molar-refractivity contribution in [2.24, 2.45) is 11.7 Å². The van der Waals surface area contributed by atoms with E-state index in [0.29, 0.717) is 26.2 Å². The van der Waals surface area contributed by atoms with Crippen LogP contribution >= 0.6 is 11.3 Å². The molecule has 1 unspecified atom stereocenters. The molecule has 1 aliphatic heterocycles. The lowest BCUT2D eigenvalue weighted by Crippen LogP contribution is -2.55. The van der Waals surface area contributed by atoms with E-state index in [2.05, 4.69) is 0 Å². The lowest BCUT2D eigenvalue weighted by atomic mass is 9.98. The molecule has 2 N–H and O–H groups in total. The van der Waals surface area contributed by atoms with E-state index >= 15 is 0 Å². The van der Waals surface area contributed by atoms with E-state index in [1.54, 1.807) is 9.80 Å². The van der Waals surface area contributed by atoms with Gasteiger partial charge in [0.15, 0.2) is 0 Å². The summed E-state index contributed by atoms with van der Waals surface area (Å²) >= 11 is 1.52. The largest absolute Gasteiger partial charge is 0.338 e. The first-order valence-electron chi connectivity index (χ1n) is 7.40. The van der Waals surface area contributed by atoms with Crippen molar-refractivity contribution < 1.29 is 9.59 Å². The van der Waals surface area contributed by atoms with Crippen molar-refractivity contribution in [1.29, 1.82) is 0 Å². The normalized spacial score (nSPS) is 18.4. The third-order valence-electron chi connectivity index (χ3n) is 4.19. The van der Waals surface area contributed by atoms with Gasteiger partial charge in [0.1, 0.15) is 0 Å². The van der Waals surface area contributed by atoms with Crippen molar-refractivity contribution in [1.82, 2.24) is 9.80 Å². The second-order valence-corrected chi connectivity index (χ2v) is 6.32. The molecule has 1 aliphatic rings. The Morgan fingerprint density at radius 3 is 2.43 bits per heavy atom. The van der Waals surface area contributed by atoms with Crippen molar-refractivity contribution in [2.45, 2.75) is 26.3 Å². The summed E-state index contributed by atoms with van der Waals surface area (Å²) in [7, 11) is 0. The number of hydrogen-bond acceptors (Lipinski definition) is 4. The van der Waals surface area contributed by atoms with E-state index in [4.69, 9.17) is 5.73 Å². The Morgan fingerprint density at radius 1 is 1.29 bits per heavy atom. The standard InChI is InChI=1S/C15H23N3O2S/c1-3-11(2)13(16)15(20)18-7-5-17(6-8-18)14(19)12-4-9-21-10-12/h4,9-11,13H,3,5-8,16H2,1-2H3/t11?,13-/m0/s1. The summed E-state index contributed by atoms with van der Waals surface area (Å²) in [4.78, 5) is 28.1. The van der Waals surface area contributed by atoms with Gasteiger partial charge in [-0.25, -0.2) is 0 Å². The van der Waals surface area contributed by atoms with Crippen LogP contribution in [0.2, 0.25) is 0 Å². The Balaban J connectivity index is 1.88. The molecule has 2 atom stereocenters. The highest BCUT2D eigenvalue weighted by atomic mass is 32.1. The molecular weight excluding hydrogens is 286 g/mol. The van der Waals surface area contributed by atoms with Gasteiger partial charge in [-0.05, 0) is 17.4 Å². The number of carbonyl (C=O) groups excluding carboxylic acids is 2. The van der Waals surface area contributed by atoms with Crippen LogP contribution in [0.5, 0.6) is 0 Å². The first-order valence-corrected chi connectivity index (χ1v) is 8.34. The van der Waals surface area contributed by atoms with Gasteiger partial charge >= 0.3 is 0 Å². The fourth-order valence-corrected chi connectivity index (χ4v) is 3.04. The third kappa shape index (κ3) is 3.63. The van der Waals surface area contributed by atoms with Crippen molar-refractivity contribution in [2.75, 3.05) is 26.2 Å². The van der Waals surface area contributed by atoms with Gasteiger partial charge in [-0.2, -0.15) is 11.3 Å². The van der Waals surface area contributed by atoms with Gasteiger partial charge in [0.2, 0.25) is 5.91 Å². The summed E-state index contributed by atoms with van der Waals surface area (Å²) in [6, 6.07) is 1.40. The smallest absolute Gasteiger partial charge is 0.254 e. The number of rotatable bonds is 4. The van der Waals surface area contributed by atoms with E-state index in [9.17, 15) is 9.59 Å². The molecule has 0 spiro atoms. The SMILES string of the molecule is CCC(C)[C@H](N)C(=O)N1CCN(C(=O)c2ccsc2)CC1. The van der Waals surface area contributed by atoms with Gasteiger partial charge in [-0.3, -0.25) is 9.59 Å². The zero-order chi connectivity index (χ0) is 15.4. The summed E-state index contributed by atoms with van der Waals surface area (Å²) in [5, 5.41) is 3.76. The van der Waals surface area contributed by atoms with Gasteiger partial charge in [0, 0.05) is 31.6 Å². The van der Waals surface area contributed by atoms with E-state index in [1.807, 2.05) is 30.7 Å². The minimum Gasteiger partial charge on any atom is -0.338 e. The Kier molecular flexibility index (Phi) is 5.36. The zero-order valence-electron chi connectivity index (χ0n) is 12.6. The lowest BCUT2D eigenvalue weighted by Gasteiger charge is -2.36. The van der Waals surface area contributed by atoms with Crippen LogP contribution in [-0.4, -0.2) is 53.8 Å². The number of carbonyl (C=O) groups is 2. The van der Waals surface area contributed by atoms with E-state index < -0.39 is 6.04 Å². The fourth-order valence-electron chi connectivity index (χ4n) is 2.41. The Morgan fingerprint density at radius 2 is 1.90 bits per heavy atom. The second kappa shape index (κ2) is 7.04. The number of piperazine rings is 1. The number of nitrogens with zero attached hydrogens (tertiary/aromatic N) is 2. The number of amides is 2. The zero-order valence-corrected chi connectivity index (χ0v) is 13.4. The summed E-state index contributed by atoms with van der Waals surface area (Å²) in [6.07, 6.45) is 0.892. The minimum atomic E-state index is -0.436. The maximum atomic E-state index is 12.3. The molecule has 0 saturated carbocycles. The van der Waals surface area contributed by atoms with Crippen LogP contribution in [0.1, 0.15) is 30.6 Å². The van der Waals surface area contributed by atoms with Crippen LogP contribution in [0.25, 0.3) is 0 Å². The molecule has 2 amide bonds. The summed E-state index contributed by atoms with van der Waals surface area (Å²) in [5.41, 5.74) is 6.74. The first-order chi connectivity index (χ1) is 10.0. The van der Waals surface area contributed by atoms with Gasteiger partial charge in [0.05, 0.1) is 11.6 Å². The van der Waals surface area contributed by atoms with Gasteiger partial charge < -0.3 is 15.5 Å². The Labute approximate surface area is 129 Å². The van der Waals surface area contributed by atoms with Crippen molar-refractivity contribution in [3.8, 4) is 0 Å². The van der Waals surface area contributed by atoms with Crippen LogP contribution in [-0.2, 0) is 4.79 Å². The van der Waals surface area contributed by atoms with E-state index in [-0.39, 0.29) is 17.7 Å². The van der Waals surface area contributed by atoms with Gasteiger partial charge in [-0.15, -0.1) is 0 Å². The second-order valence-electron chi connectivity index (χ2n) is 5.54. The molecule has 1 saturated heterocycles. The predicted octanol–water partition coefficient (Wildman–Crippen LogP) is 1.41. The average molecular weight is 309 g/mol. The number of nitrogens with two attached hydrogens (primary N) is 1. The molecule has 6 heteroatoms. The van der Waals surface area contributed by atoms with Crippen molar-refractivity contribution in [3.05, 3.63) is 22.4 Å². The highest BCUT2D eigenvalue weighted by Crippen LogP contribution is 2.14. The molecule has 1 aromatic rings. The first kappa shape index (κ1) is 16.0. The molecule has 0 radical (unpaired) electrons. The van der Waals surface area contributed by atoms with Crippen molar-refractivity contribution in [3.63, 3.8) is 0 Å². The van der Waals surface area contributed by atoms with Gasteiger partial charge in [0.25, 0.3) is 5.91 Å². The minimum absolute atomic E-state index is 0.00647. The lowest BCUT2D eigenvalue weighted by molar-refractivity contribution is -0.135. The van der Waals surface area contributed by atoms with E-state index in [0.717, 1.165) is 12.0 Å². The van der Waals surface area contributed by atoms with Crippen LogP contribution in [0.4, 0.5) is 0 Å². The van der Waals surface area contributed by atoms with Crippen LogP contribution in [0.3, 0.4) is 0 Å². The quantitative estimate of drug-likeness (QED) is 0.914. The highest BCUT2D eigenvalue weighted by Gasteiger charge is 2.29. The monoisotopic (exact) mass is 309 g/mol. The molecule has 0 bridgehead atoms. The number of thiophene rings is 1. The molecule has 2 rings (SSSR count). The summed E-state index contributed by atoms with van der Waals surface area (Å²) < 4.78 is 0. The van der Waals surface area contributed by atoms with Gasteiger partial charge in [-0.1, -0.05) is 20.3 Å². The molecule has 1 fully saturated rings. The Hall–Kier alpha value is -1.40. The van der Waals surface area contributed by atoms with Crippen LogP contribution in [0, 0.1) is 5.92 Å². The molecule has 21 heavy (non-hydrogen) atoms. The average Bonchev–Trinajstić information content (AvgIpc) is 3.06. The molecule has 1 aromatic heterocycles. The molecule has 116 valence electrons. The molecule has 5 nitrogen and oxygen atoms in total.